The number of anilines is 1. The van der Waals surface area contributed by atoms with E-state index >= 15 is 0 Å². The van der Waals surface area contributed by atoms with Crippen molar-refractivity contribution < 1.29 is 9.72 Å². The number of aromatic amines is 1. The molecule has 0 fully saturated rings. The number of H-pyrrole nitrogens is 1. The largest absolute Gasteiger partial charge is 0.320 e. The monoisotopic (exact) mass is 411 g/mol. The van der Waals surface area contributed by atoms with Gasteiger partial charge in [0.15, 0.2) is 5.82 Å². The second kappa shape index (κ2) is 8.87. The Hall–Kier alpha value is -3.20. The number of aromatic nitrogens is 3. The van der Waals surface area contributed by atoms with E-state index < -0.39 is 4.92 Å². The number of nitro groups is 1. The van der Waals surface area contributed by atoms with Crippen molar-refractivity contribution in [1.29, 1.82) is 0 Å². The van der Waals surface area contributed by atoms with Crippen LogP contribution in [-0.2, 0) is 11.2 Å². The van der Waals surface area contributed by atoms with Crippen molar-refractivity contribution in [3.63, 3.8) is 0 Å². The summed E-state index contributed by atoms with van der Waals surface area (Å²) in [4.78, 5) is 27.4. The zero-order valence-corrected chi connectivity index (χ0v) is 17.2. The van der Waals surface area contributed by atoms with Gasteiger partial charge in [0.2, 0.25) is 11.1 Å². The number of hydrogen-bond acceptors (Lipinski definition) is 6. The Morgan fingerprint density at radius 2 is 1.90 bits per heavy atom. The molecule has 29 heavy (non-hydrogen) atoms. The van der Waals surface area contributed by atoms with Crippen LogP contribution in [0.1, 0.15) is 23.6 Å². The third kappa shape index (κ3) is 5.00. The zero-order chi connectivity index (χ0) is 21.0. The summed E-state index contributed by atoms with van der Waals surface area (Å²) in [6.07, 6.45) is 0.964. The van der Waals surface area contributed by atoms with Gasteiger partial charge >= 0.3 is 0 Å². The van der Waals surface area contributed by atoms with Crippen LogP contribution >= 0.6 is 11.8 Å². The van der Waals surface area contributed by atoms with E-state index in [2.05, 4.69) is 27.4 Å². The summed E-state index contributed by atoms with van der Waals surface area (Å²) < 4.78 is 0. The molecule has 0 unspecified atom stereocenters. The van der Waals surface area contributed by atoms with Crippen molar-refractivity contribution in [2.24, 2.45) is 0 Å². The fourth-order valence-corrected chi connectivity index (χ4v) is 3.31. The molecule has 0 saturated heterocycles. The summed E-state index contributed by atoms with van der Waals surface area (Å²) in [7, 11) is 0. The molecule has 2 N–H and O–H groups in total. The molecule has 3 aromatic rings. The lowest BCUT2D eigenvalue weighted by molar-refractivity contribution is -0.384. The maximum absolute atomic E-state index is 12.3. The van der Waals surface area contributed by atoms with E-state index in [9.17, 15) is 14.9 Å². The van der Waals surface area contributed by atoms with Gasteiger partial charge in [-0.2, -0.15) is 0 Å². The standard InChI is InChI=1S/C20H21N5O3S/c1-4-14-5-7-15(8-6-14)19-22-20(24-23-19)29-11-18(26)21-16-9-12(2)13(3)10-17(16)25(27)28/h5-10H,4,11H2,1-3H3,(H,21,26)(H,22,23,24). The average molecular weight is 411 g/mol. The molecule has 0 radical (unpaired) electrons. The molecule has 0 aliphatic rings. The number of nitrogens with one attached hydrogen (secondary N) is 2. The first kappa shape index (κ1) is 20.5. The van der Waals surface area contributed by atoms with Crippen molar-refractivity contribution in [2.75, 3.05) is 11.1 Å². The lowest BCUT2D eigenvalue weighted by Gasteiger charge is -2.08. The minimum absolute atomic E-state index is 0.0378. The topological polar surface area (TPSA) is 114 Å². The minimum Gasteiger partial charge on any atom is -0.320 e. The first-order chi connectivity index (χ1) is 13.9. The van der Waals surface area contributed by atoms with Gasteiger partial charge in [0.1, 0.15) is 5.69 Å². The fraction of sp³-hybridized carbons (Fsp3) is 0.250. The molecule has 0 aliphatic carbocycles. The van der Waals surface area contributed by atoms with Crippen LogP contribution in [0.2, 0.25) is 0 Å². The van der Waals surface area contributed by atoms with Crippen molar-refractivity contribution >= 4 is 29.0 Å². The second-order valence-corrected chi connectivity index (χ2v) is 7.51. The highest BCUT2D eigenvalue weighted by Crippen LogP contribution is 2.28. The molecule has 0 atom stereocenters. The van der Waals surface area contributed by atoms with Crippen molar-refractivity contribution in [3.8, 4) is 11.4 Å². The normalized spacial score (nSPS) is 10.7. The lowest BCUT2D eigenvalue weighted by Crippen LogP contribution is -2.15. The van der Waals surface area contributed by atoms with Gasteiger partial charge in [-0.25, -0.2) is 4.98 Å². The Balaban J connectivity index is 1.64. The molecule has 2 aromatic carbocycles. The number of benzene rings is 2. The van der Waals surface area contributed by atoms with Gasteiger partial charge in [-0.05, 0) is 43.0 Å². The third-order valence-electron chi connectivity index (χ3n) is 4.52. The van der Waals surface area contributed by atoms with Crippen LogP contribution in [-0.4, -0.2) is 31.8 Å². The lowest BCUT2D eigenvalue weighted by atomic mass is 10.1. The molecule has 8 nitrogen and oxygen atoms in total. The van der Waals surface area contributed by atoms with Crippen LogP contribution in [0.25, 0.3) is 11.4 Å². The van der Waals surface area contributed by atoms with Gasteiger partial charge in [0.25, 0.3) is 5.69 Å². The van der Waals surface area contributed by atoms with E-state index in [1.165, 1.54) is 11.6 Å². The van der Waals surface area contributed by atoms with E-state index in [1.54, 1.807) is 13.0 Å². The van der Waals surface area contributed by atoms with Crippen molar-refractivity contribution in [1.82, 2.24) is 15.2 Å². The summed E-state index contributed by atoms with van der Waals surface area (Å²) >= 11 is 1.16. The first-order valence-corrected chi connectivity index (χ1v) is 10.1. The Kier molecular flexibility index (Phi) is 6.28. The van der Waals surface area contributed by atoms with Crippen LogP contribution in [0.3, 0.4) is 0 Å². The first-order valence-electron chi connectivity index (χ1n) is 9.07. The summed E-state index contributed by atoms with van der Waals surface area (Å²) in [5.74, 6) is 0.302. The van der Waals surface area contributed by atoms with Crippen LogP contribution in [0.5, 0.6) is 0 Å². The van der Waals surface area contributed by atoms with E-state index in [4.69, 9.17) is 0 Å². The molecule has 0 bridgehead atoms. The highest BCUT2D eigenvalue weighted by Gasteiger charge is 2.18. The molecular weight excluding hydrogens is 390 g/mol. The zero-order valence-electron chi connectivity index (χ0n) is 16.4. The van der Waals surface area contributed by atoms with Gasteiger partial charge in [-0.3, -0.25) is 20.0 Å². The number of hydrogen-bond donors (Lipinski definition) is 2. The number of thioether (sulfide) groups is 1. The van der Waals surface area contributed by atoms with Gasteiger partial charge in [-0.1, -0.05) is 43.0 Å². The maximum atomic E-state index is 12.3. The Labute approximate surface area is 172 Å². The fourth-order valence-electron chi connectivity index (χ4n) is 2.71. The van der Waals surface area contributed by atoms with Crippen LogP contribution in [0.15, 0.2) is 41.6 Å². The van der Waals surface area contributed by atoms with E-state index in [1.807, 2.05) is 31.2 Å². The number of carbonyl (C=O) groups is 1. The van der Waals surface area contributed by atoms with Gasteiger partial charge in [0, 0.05) is 11.6 Å². The highest BCUT2D eigenvalue weighted by atomic mass is 32.2. The summed E-state index contributed by atoms with van der Waals surface area (Å²) in [6.45, 7) is 5.72. The highest BCUT2D eigenvalue weighted by molar-refractivity contribution is 7.99. The van der Waals surface area contributed by atoms with E-state index in [0.717, 1.165) is 34.9 Å². The molecule has 0 saturated carbocycles. The minimum atomic E-state index is -0.499. The summed E-state index contributed by atoms with van der Waals surface area (Å²) in [5.41, 5.74) is 3.88. The van der Waals surface area contributed by atoms with Crippen LogP contribution in [0.4, 0.5) is 11.4 Å². The quantitative estimate of drug-likeness (QED) is 0.341. The number of carbonyl (C=O) groups excluding carboxylic acids is 1. The Bertz CT molecular complexity index is 1050. The van der Waals surface area contributed by atoms with Crippen LogP contribution in [0, 0.1) is 24.0 Å². The van der Waals surface area contributed by atoms with Crippen LogP contribution < -0.4 is 5.32 Å². The SMILES string of the molecule is CCc1ccc(-c2nc(SCC(=O)Nc3cc(C)c(C)cc3[N+](=O)[O-])n[nH]2)cc1. The molecule has 150 valence electrons. The van der Waals surface area contributed by atoms with E-state index in [0.29, 0.717) is 11.0 Å². The number of aryl methyl sites for hydroxylation is 3. The molecule has 1 amide bonds. The number of amides is 1. The summed E-state index contributed by atoms with van der Waals surface area (Å²) in [5, 5.41) is 21.3. The molecule has 3 rings (SSSR count). The number of rotatable bonds is 7. The second-order valence-electron chi connectivity index (χ2n) is 6.56. The smallest absolute Gasteiger partial charge is 0.293 e. The molecule has 1 aromatic heterocycles. The van der Waals surface area contributed by atoms with Crippen molar-refractivity contribution in [3.05, 3.63) is 63.2 Å². The molecular formula is C20H21N5O3S. The van der Waals surface area contributed by atoms with Gasteiger partial charge in [0.05, 0.1) is 10.7 Å². The van der Waals surface area contributed by atoms with Crippen molar-refractivity contribution in [2.45, 2.75) is 32.3 Å². The number of nitro benzene ring substituents is 1. The van der Waals surface area contributed by atoms with E-state index in [-0.39, 0.29) is 23.0 Å². The third-order valence-corrected chi connectivity index (χ3v) is 5.36. The maximum Gasteiger partial charge on any atom is 0.293 e. The summed E-state index contributed by atoms with van der Waals surface area (Å²) in [6, 6.07) is 11.1. The predicted octanol–water partition coefficient (Wildman–Crippen LogP) is 4.29. The average Bonchev–Trinajstić information content (AvgIpc) is 3.18. The predicted molar refractivity (Wildman–Crippen MR) is 113 cm³/mol. The number of nitrogens with zero attached hydrogens (tertiary/aromatic N) is 3. The Morgan fingerprint density at radius 3 is 2.55 bits per heavy atom. The molecule has 0 aliphatic heterocycles. The molecule has 1 heterocycles. The molecule has 0 spiro atoms. The van der Waals surface area contributed by atoms with Gasteiger partial charge in [-0.15, -0.1) is 5.10 Å². The Morgan fingerprint density at radius 1 is 1.21 bits per heavy atom. The molecule has 9 heteroatoms. The van der Waals surface area contributed by atoms with Gasteiger partial charge < -0.3 is 5.32 Å².